The summed E-state index contributed by atoms with van der Waals surface area (Å²) in [6.07, 6.45) is 0.996. The average Bonchev–Trinajstić information content (AvgIpc) is 2.81. The fraction of sp³-hybridized carbons (Fsp3) is 0.562. The first-order valence-electron chi connectivity index (χ1n) is 7.35. The van der Waals surface area contributed by atoms with Gasteiger partial charge in [-0.1, -0.05) is 25.1 Å². The molecule has 1 fully saturated rings. The van der Waals surface area contributed by atoms with Crippen LogP contribution in [0.5, 0.6) is 0 Å². The zero-order chi connectivity index (χ0) is 15.4. The van der Waals surface area contributed by atoms with Gasteiger partial charge in [0.1, 0.15) is 5.82 Å². The van der Waals surface area contributed by atoms with Gasteiger partial charge in [0.05, 0.1) is 13.2 Å². The Morgan fingerprint density at radius 2 is 2.19 bits per heavy atom. The molecule has 2 rings (SSSR count). The molecule has 116 valence electrons. The molecule has 1 aromatic carbocycles. The Balaban J connectivity index is 1.93. The van der Waals surface area contributed by atoms with E-state index in [4.69, 9.17) is 0 Å². The van der Waals surface area contributed by atoms with Gasteiger partial charge in [-0.15, -0.1) is 0 Å². The fourth-order valence-electron chi connectivity index (χ4n) is 2.84. The lowest BCUT2D eigenvalue weighted by Crippen LogP contribution is -2.43. The summed E-state index contributed by atoms with van der Waals surface area (Å²) in [4.78, 5) is 15.8. The molecule has 1 aliphatic rings. The van der Waals surface area contributed by atoms with Crippen molar-refractivity contribution in [3.63, 3.8) is 0 Å². The van der Waals surface area contributed by atoms with E-state index in [9.17, 15) is 14.3 Å². The molecule has 1 heterocycles. The lowest BCUT2D eigenvalue weighted by atomic mass is 10.0. The number of benzene rings is 1. The molecular weight excluding hydrogens is 271 g/mol. The molecule has 0 saturated carbocycles. The van der Waals surface area contributed by atoms with Crippen LogP contribution in [0.3, 0.4) is 0 Å². The first-order valence-corrected chi connectivity index (χ1v) is 7.35. The Bertz CT molecular complexity index is 495. The van der Waals surface area contributed by atoms with E-state index in [1.54, 1.807) is 25.2 Å². The lowest BCUT2D eigenvalue weighted by Gasteiger charge is -2.27. The molecule has 0 aliphatic carbocycles. The number of halogens is 1. The van der Waals surface area contributed by atoms with Crippen LogP contribution in [-0.4, -0.2) is 53.6 Å². The summed E-state index contributed by atoms with van der Waals surface area (Å²) in [5.74, 6) is 0.0608. The quantitative estimate of drug-likeness (QED) is 0.895. The maximum atomic E-state index is 13.6. The topological polar surface area (TPSA) is 43.8 Å². The van der Waals surface area contributed by atoms with Crippen LogP contribution in [0.25, 0.3) is 0 Å². The second-order valence-corrected chi connectivity index (χ2v) is 5.83. The van der Waals surface area contributed by atoms with E-state index in [1.165, 1.54) is 11.0 Å². The van der Waals surface area contributed by atoms with Crippen molar-refractivity contribution in [2.24, 2.45) is 5.92 Å². The van der Waals surface area contributed by atoms with Gasteiger partial charge in [-0.25, -0.2) is 4.39 Å². The van der Waals surface area contributed by atoms with Crippen LogP contribution >= 0.6 is 0 Å². The molecule has 1 aromatic rings. The van der Waals surface area contributed by atoms with Crippen molar-refractivity contribution in [1.82, 2.24) is 9.80 Å². The van der Waals surface area contributed by atoms with E-state index in [1.807, 2.05) is 4.90 Å². The monoisotopic (exact) mass is 294 g/mol. The molecule has 2 atom stereocenters. The van der Waals surface area contributed by atoms with Crippen molar-refractivity contribution in [3.05, 3.63) is 35.6 Å². The SMILES string of the molecule is CC1CCN(CC(=O)N(C)Cc2ccccc2F)C1CO. The van der Waals surface area contributed by atoms with Crippen LogP contribution in [0.2, 0.25) is 0 Å². The van der Waals surface area contributed by atoms with Gasteiger partial charge in [0.2, 0.25) is 5.91 Å². The molecular formula is C16H23FN2O2. The second-order valence-electron chi connectivity index (χ2n) is 5.83. The number of likely N-dealkylation sites (N-methyl/N-ethyl adjacent to an activating group) is 1. The molecule has 2 unspecified atom stereocenters. The van der Waals surface area contributed by atoms with Gasteiger partial charge in [0, 0.05) is 25.2 Å². The molecule has 21 heavy (non-hydrogen) atoms. The van der Waals surface area contributed by atoms with Crippen molar-refractivity contribution in [1.29, 1.82) is 0 Å². The van der Waals surface area contributed by atoms with E-state index in [2.05, 4.69) is 6.92 Å². The van der Waals surface area contributed by atoms with Crippen molar-refractivity contribution < 1.29 is 14.3 Å². The van der Waals surface area contributed by atoms with Crippen molar-refractivity contribution in [2.45, 2.75) is 25.9 Å². The van der Waals surface area contributed by atoms with Crippen LogP contribution in [0.15, 0.2) is 24.3 Å². The number of aliphatic hydroxyl groups excluding tert-OH is 1. The van der Waals surface area contributed by atoms with Crippen molar-refractivity contribution in [3.8, 4) is 0 Å². The minimum atomic E-state index is -0.292. The summed E-state index contributed by atoms with van der Waals surface area (Å²) in [6.45, 7) is 3.53. The first kappa shape index (κ1) is 15.9. The molecule has 1 amide bonds. The van der Waals surface area contributed by atoms with E-state index < -0.39 is 0 Å². The lowest BCUT2D eigenvalue weighted by molar-refractivity contribution is -0.132. The summed E-state index contributed by atoms with van der Waals surface area (Å²) in [7, 11) is 1.68. The van der Waals surface area contributed by atoms with Gasteiger partial charge in [0.15, 0.2) is 0 Å². The van der Waals surface area contributed by atoms with Crippen LogP contribution in [0.1, 0.15) is 18.9 Å². The highest BCUT2D eigenvalue weighted by molar-refractivity contribution is 5.78. The Morgan fingerprint density at radius 3 is 2.86 bits per heavy atom. The smallest absolute Gasteiger partial charge is 0.236 e. The van der Waals surface area contributed by atoms with Crippen LogP contribution in [-0.2, 0) is 11.3 Å². The van der Waals surface area contributed by atoms with Gasteiger partial charge in [-0.05, 0) is 24.9 Å². The minimum Gasteiger partial charge on any atom is -0.395 e. The highest BCUT2D eigenvalue weighted by Gasteiger charge is 2.32. The Hall–Kier alpha value is -1.46. The molecule has 5 heteroatoms. The maximum Gasteiger partial charge on any atom is 0.236 e. The molecule has 0 bridgehead atoms. The average molecular weight is 294 g/mol. The minimum absolute atomic E-state index is 0.0502. The summed E-state index contributed by atoms with van der Waals surface area (Å²) in [5.41, 5.74) is 0.516. The van der Waals surface area contributed by atoms with Gasteiger partial charge in [-0.2, -0.15) is 0 Å². The summed E-state index contributed by atoms with van der Waals surface area (Å²) in [6, 6.07) is 6.54. The van der Waals surface area contributed by atoms with E-state index in [-0.39, 0.29) is 37.5 Å². The van der Waals surface area contributed by atoms with E-state index in [0.29, 0.717) is 11.5 Å². The number of nitrogens with zero attached hydrogens (tertiary/aromatic N) is 2. The van der Waals surface area contributed by atoms with Crippen LogP contribution in [0, 0.1) is 11.7 Å². The Kier molecular flexibility index (Phi) is 5.31. The van der Waals surface area contributed by atoms with E-state index in [0.717, 1.165) is 13.0 Å². The van der Waals surface area contributed by atoms with E-state index >= 15 is 0 Å². The predicted octanol–water partition coefficient (Wildman–Crippen LogP) is 1.49. The summed E-state index contributed by atoms with van der Waals surface area (Å²) >= 11 is 0. The summed E-state index contributed by atoms with van der Waals surface area (Å²) < 4.78 is 13.6. The first-order chi connectivity index (χ1) is 10.0. The number of likely N-dealkylation sites (tertiary alicyclic amines) is 1. The number of carbonyl (C=O) groups is 1. The number of amides is 1. The molecule has 0 radical (unpaired) electrons. The molecule has 0 aromatic heterocycles. The molecule has 1 N–H and O–H groups in total. The Labute approximate surface area is 125 Å². The zero-order valence-corrected chi connectivity index (χ0v) is 12.6. The van der Waals surface area contributed by atoms with Gasteiger partial charge >= 0.3 is 0 Å². The van der Waals surface area contributed by atoms with Crippen molar-refractivity contribution >= 4 is 5.91 Å². The molecule has 4 nitrogen and oxygen atoms in total. The molecule has 0 spiro atoms. The highest BCUT2D eigenvalue weighted by atomic mass is 19.1. The number of aliphatic hydroxyl groups is 1. The number of rotatable bonds is 5. The zero-order valence-electron chi connectivity index (χ0n) is 12.6. The number of hydrogen-bond acceptors (Lipinski definition) is 3. The third-order valence-corrected chi connectivity index (χ3v) is 4.31. The standard InChI is InChI=1S/C16H23FN2O2/c1-12-7-8-19(15(12)11-20)10-16(21)18(2)9-13-5-3-4-6-14(13)17/h3-6,12,15,20H,7-11H2,1-2H3. The largest absolute Gasteiger partial charge is 0.395 e. The normalized spacial score (nSPS) is 22.5. The third-order valence-electron chi connectivity index (χ3n) is 4.31. The van der Waals surface area contributed by atoms with Gasteiger partial charge in [0.25, 0.3) is 0 Å². The fourth-order valence-corrected chi connectivity index (χ4v) is 2.84. The predicted molar refractivity (Wildman–Crippen MR) is 79.1 cm³/mol. The third kappa shape index (κ3) is 3.80. The van der Waals surface area contributed by atoms with Crippen LogP contribution in [0.4, 0.5) is 4.39 Å². The molecule has 1 aliphatic heterocycles. The highest BCUT2D eigenvalue weighted by Crippen LogP contribution is 2.23. The van der Waals surface area contributed by atoms with Crippen molar-refractivity contribution in [2.75, 3.05) is 26.7 Å². The molecule has 1 saturated heterocycles. The van der Waals surface area contributed by atoms with Crippen LogP contribution < -0.4 is 0 Å². The number of hydrogen-bond donors (Lipinski definition) is 1. The summed E-state index contributed by atoms with van der Waals surface area (Å²) in [5, 5.41) is 9.41. The second kappa shape index (κ2) is 7.00. The van der Waals surface area contributed by atoms with Gasteiger partial charge < -0.3 is 10.0 Å². The number of carbonyl (C=O) groups excluding carboxylic acids is 1. The Morgan fingerprint density at radius 1 is 1.48 bits per heavy atom. The van der Waals surface area contributed by atoms with Gasteiger partial charge in [-0.3, -0.25) is 9.69 Å². The maximum absolute atomic E-state index is 13.6.